The molecule has 0 unspecified atom stereocenters. The molecule has 29 heavy (non-hydrogen) atoms. The highest BCUT2D eigenvalue weighted by atomic mass is 32.1. The number of anilines is 1. The van der Waals surface area contributed by atoms with E-state index < -0.39 is 0 Å². The van der Waals surface area contributed by atoms with E-state index in [4.69, 9.17) is 0 Å². The maximum Gasteiger partial charge on any atom is 0.224 e. The first-order valence-corrected chi connectivity index (χ1v) is 10.9. The lowest BCUT2D eigenvalue weighted by Gasteiger charge is -2.18. The minimum absolute atomic E-state index is 0.00841. The Balaban J connectivity index is 1.75. The molecule has 0 radical (unpaired) electrons. The molecule has 156 valence electrons. The molecule has 2 aromatic rings. The number of carbonyl (C=O) groups is 3. The van der Waals surface area contributed by atoms with Crippen molar-refractivity contribution < 1.29 is 14.4 Å². The minimum atomic E-state index is -0.182. The van der Waals surface area contributed by atoms with Crippen molar-refractivity contribution in [1.82, 2.24) is 4.90 Å². The van der Waals surface area contributed by atoms with E-state index in [1.807, 2.05) is 37.3 Å². The van der Waals surface area contributed by atoms with Gasteiger partial charge in [0.2, 0.25) is 5.91 Å². The number of aryl methyl sites for hydroxylation is 1. The highest BCUT2D eigenvalue weighted by molar-refractivity contribution is 7.14. The molecule has 1 N–H and O–H groups in total. The maximum atomic E-state index is 12.2. The zero-order valence-electron chi connectivity index (χ0n) is 17.5. The van der Waals surface area contributed by atoms with Crippen LogP contribution in [0.3, 0.4) is 0 Å². The molecular formula is C23H30N2O3S. The van der Waals surface area contributed by atoms with Crippen molar-refractivity contribution in [3.05, 3.63) is 51.7 Å². The number of hydrogen-bond donors (Lipinski definition) is 1. The lowest BCUT2D eigenvalue weighted by atomic mass is 10.1. The van der Waals surface area contributed by atoms with Gasteiger partial charge in [0.05, 0.1) is 4.88 Å². The average molecular weight is 415 g/mol. The van der Waals surface area contributed by atoms with Gasteiger partial charge in [0.15, 0.2) is 5.78 Å². The lowest BCUT2D eigenvalue weighted by Crippen LogP contribution is -2.22. The van der Waals surface area contributed by atoms with Gasteiger partial charge in [-0.3, -0.25) is 19.3 Å². The Hall–Kier alpha value is -2.31. The highest BCUT2D eigenvalue weighted by Crippen LogP contribution is 2.18. The van der Waals surface area contributed by atoms with Gasteiger partial charge in [-0.1, -0.05) is 26.0 Å². The number of benzene rings is 1. The van der Waals surface area contributed by atoms with Crippen LogP contribution >= 0.6 is 11.3 Å². The number of carbonyl (C=O) groups excluding carboxylic acids is 3. The van der Waals surface area contributed by atoms with E-state index in [0.29, 0.717) is 4.88 Å². The minimum Gasteiger partial charge on any atom is -0.326 e. The number of ketones is 2. The quantitative estimate of drug-likeness (QED) is 0.504. The van der Waals surface area contributed by atoms with E-state index in [-0.39, 0.29) is 43.2 Å². The summed E-state index contributed by atoms with van der Waals surface area (Å²) in [5.41, 5.74) is 1.89. The number of rotatable bonds is 12. The first-order chi connectivity index (χ1) is 13.9. The van der Waals surface area contributed by atoms with Crippen LogP contribution in [0.1, 0.15) is 59.6 Å². The van der Waals surface area contributed by atoms with Gasteiger partial charge in [-0.05, 0) is 49.8 Å². The zero-order valence-corrected chi connectivity index (χ0v) is 18.3. The predicted molar refractivity (Wildman–Crippen MR) is 119 cm³/mol. The van der Waals surface area contributed by atoms with Gasteiger partial charge >= 0.3 is 0 Å². The van der Waals surface area contributed by atoms with Crippen LogP contribution in [0.25, 0.3) is 0 Å². The Morgan fingerprint density at radius 2 is 1.69 bits per heavy atom. The monoisotopic (exact) mass is 414 g/mol. The van der Waals surface area contributed by atoms with Gasteiger partial charge in [-0.15, -0.1) is 11.3 Å². The van der Waals surface area contributed by atoms with Gasteiger partial charge in [-0.25, -0.2) is 0 Å². The van der Waals surface area contributed by atoms with E-state index in [1.54, 1.807) is 6.07 Å². The van der Waals surface area contributed by atoms with Crippen LogP contribution in [-0.4, -0.2) is 35.5 Å². The zero-order chi connectivity index (χ0) is 21.2. The Kier molecular flexibility index (Phi) is 9.22. The van der Waals surface area contributed by atoms with Crippen molar-refractivity contribution in [3.63, 3.8) is 0 Å². The van der Waals surface area contributed by atoms with Gasteiger partial charge in [0.25, 0.3) is 0 Å². The van der Waals surface area contributed by atoms with E-state index in [0.717, 1.165) is 35.8 Å². The van der Waals surface area contributed by atoms with E-state index in [1.165, 1.54) is 11.3 Å². The number of hydrogen-bond acceptors (Lipinski definition) is 5. The van der Waals surface area contributed by atoms with Crippen LogP contribution in [-0.2, 0) is 16.1 Å². The van der Waals surface area contributed by atoms with E-state index in [9.17, 15) is 14.4 Å². The fourth-order valence-corrected chi connectivity index (χ4v) is 3.85. The van der Waals surface area contributed by atoms with Crippen molar-refractivity contribution in [2.45, 2.75) is 53.0 Å². The number of nitrogens with one attached hydrogen (secondary N) is 1. The normalized spacial score (nSPS) is 10.9. The average Bonchev–Trinajstić information content (AvgIpc) is 3.15. The second-order valence-electron chi connectivity index (χ2n) is 7.08. The van der Waals surface area contributed by atoms with Crippen molar-refractivity contribution in [2.75, 3.05) is 18.4 Å². The molecule has 0 aliphatic heterocycles. The molecule has 1 heterocycles. The van der Waals surface area contributed by atoms with Crippen molar-refractivity contribution >= 4 is 34.5 Å². The van der Waals surface area contributed by atoms with Crippen molar-refractivity contribution in [1.29, 1.82) is 0 Å². The summed E-state index contributed by atoms with van der Waals surface area (Å²) in [6.07, 6.45) is 0.670. The molecule has 0 aliphatic carbocycles. The van der Waals surface area contributed by atoms with Crippen LogP contribution in [0, 0.1) is 6.92 Å². The SMILES string of the molecule is CCN(CC)Cc1cccc(NC(=O)CCC(=O)CCC(=O)c2ccc(C)s2)c1. The third-order valence-corrected chi connectivity index (χ3v) is 5.83. The van der Waals surface area contributed by atoms with E-state index in [2.05, 4.69) is 24.1 Å². The topological polar surface area (TPSA) is 66.5 Å². The summed E-state index contributed by atoms with van der Waals surface area (Å²) in [5.74, 6) is -0.249. The molecule has 0 saturated heterocycles. The third-order valence-electron chi connectivity index (χ3n) is 4.79. The smallest absolute Gasteiger partial charge is 0.224 e. The van der Waals surface area contributed by atoms with Gasteiger partial charge in [-0.2, -0.15) is 0 Å². The molecule has 2 rings (SSSR count). The summed E-state index contributed by atoms with van der Waals surface area (Å²) in [7, 11) is 0. The fourth-order valence-electron chi connectivity index (χ4n) is 3.01. The number of thiophene rings is 1. The van der Waals surface area contributed by atoms with Crippen molar-refractivity contribution in [2.24, 2.45) is 0 Å². The molecule has 1 aromatic heterocycles. The predicted octanol–water partition coefficient (Wildman–Crippen LogP) is 4.85. The summed E-state index contributed by atoms with van der Waals surface area (Å²) in [5, 5.41) is 2.87. The van der Waals surface area contributed by atoms with Gasteiger partial charge in [0, 0.05) is 42.8 Å². The summed E-state index contributed by atoms with van der Waals surface area (Å²) in [4.78, 5) is 40.4. The molecular weight excluding hydrogens is 384 g/mol. The number of nitrogens with zero attached hydrogens (tertiary/aromatic N) is 1. The Morgan fingerprint density at radius 3 is 2.34 bits per heavy atom. The first kappa shape index (κ1) is 23.0. The van der Waals surface area contributed by atoms with Crippen LogP contribution in [0.2, 0.25) is 0 Å². The highest BCUT2D eigenvalue weighted by Gasteiger charge is 2.13. The summed E-state index contributed by atoms with van der Waals surface area (Å²) >= 11 is 1.45. The molecule has 6 heteroatoms. The summed E-state index contributed by atoms with van der Waals surface area (Å²) in [6, 6.07) is 11.5. The summed E-state index contributed by atoms with van der Waals surface area (Å²) in [6.45, 7) is 8.99. The van der Waals surface area contributed by atoms with Crippen LogP contribution in [0.4, 0.5) is 5.69 Å². The fraction of sp³-hybridized carbons (Fsp3) is 0.435. The second kappa shape index (κ2) is 11.6. The molecule has 0 bridgehead atoms. The molecule has 0 atom stereocenters. The standard InChI is InChI=1S/C23H30N2O3S/c1-4-25(5-2)16-18-7-6-8-19(15-18)24-23(28)14-11-20(26)10-12-21(27)22-13-9-17(3)29-22/h6-9,13,15H,4-5,10-12,14,16H2,1-3H3,(H,24,28). The largest absolute Gasteiger partial charge is 0.326 e. The maximum absolute atomic E-state index is 12.2. The third kappa shape index (κ3) is 7.91. The summed E-state index contributed by atoms with van der Waals surface area (Å²) < 4.78 is 0. The Labute approximate surface area is 177 Å². The molecule has 0 spiro atoms. The molecule has 1 amide bonds. The Morgan fingerprint density at radius 1 is 0.966 bits per heavy atom. The molecule has 0 saturated carbocycles. The van der Waals surface area contributed by atoms with Crippen LogP contribution in [0.5, 0.6) is 0 Å². The van der Waals surface area contributed by atoms with E-state index >= 15 is 0 Å². The van der Waals surface area contributed by atoms with Crippen LogP contribution < -0.4 is 5.32 Å². The number of amides is 1. The van der Waals surface area contributed by atoms with Gasteiger partial charge in [0.1, 0.15) is 5.78 Å². The molecule has 0 aliphatic rings. The second-order valence-corrected chi connectivity index (χ2v) is 8.37. The lowest BCUT2D eigenvalue weighted by molar-refractivity contribution is -0.122. The van der Waals surface area contributed by atoms with Gasteiger partial charge < -0.3 is 5.32 Å². The van der Waals surface area contributed by atoms with Crippen molar-refractivity contribution in [3.8, 4) is 0 Å². The first-order valence-electron chi connectivity index (χ1n) is 10.1. The molecule has 1 aromatic carbocycles. The molecule has 5 nitrogen and oxygen atoms in total. The van der Waals surface area contributed by atoms with Crippen LogP contribution in [0.15, 0.2) is 36.4 Å². The Bertz CT molecular complexity index is 840. The number of Topliss-reactive ketones (excluding diaryl/α,β-unsaturated/α-hetero) is 2. The molecule has 0 fully saturated rings.